The molecule has 218 valence electrons. The van der Waals surface area contributed by atoms with Gasteiger partial charge in [0.15, 0.2) is 0 Å². The molecule has 0 unspecified atom stereocenters. The molecule has 10 rings (SSSR count). The Morgan fingerprint density at radius 1 is 0.362 bits per heavy atom. The molecule has 3 heteroatoms. The second-order valence-electron chi connectivity index (χ2n) is 12.3. The van der Waals surface area contributed by atoms with Crippen molar-refractivity contribution in [2.75, 3.05) is 0 Å². The van der Waals surface area contributed by atoms with Gasteiger partial charge in [0.2, 0.25) is 0 Å². The first-order chi connectivity index (χ1) is 23.2. The molecule has 2 nitrogen and oxygen atoms in total. The van der Waals surface area contributed by atoms with E-state index >= 15 is 0 Å². The summed E-state index contributed by atoms with van der Waals surface area (Å²) < 4.78 is 2.96. The Kier molecular flexibility index (Phi) is 5.63. The van der Waals surface area contributed by atoms with Crippen molar-refractivity contribution < 1.29 is 0 Å². The van der Waals surface area contributed by atoms with Crippen molar-refractivity contribution in [1.29, 1.82) is 0 Å². The van der Waals surface area contributed by atoms with Gasteiger partial charge in [0.25, 0.3) is 0 Å². The predicted molar refractivity (Wildman–Crippen MR) is 201 cm³/mol. The number of hydrogen-bond acceptors (Lipinski definition) is 2. The SMILES string of the molecule is S=c1c2ccccc2c2cc(-c3cccc(-c4ccc5c6ccccc6c6ccccc6c5c4)c3)cc3nc(-c4ccccc4)n1c32. The summed E-state index contributed by atoms with van der Waals surface area (Å²) in [6.45, 7) is 0. The van der Waals surface area contributed by atoms with Crippen LogP contribution in [0.3, 0.4) is 0 Å². The van der Waals surface area contributed by atoms with Gasteiger partial charge in [-0.05, 0) is 84.2 Å². The third-order valence-electron chi connectivity index (χ3n) is 9.71. The zero-order valence-corrected chi connectivity index (χ0v) is 26.1. The topological polar surface area (TPSA) is 17.3 Å². The highest BCUT2D eigenvalue weighted by Crippen LogP contribution is 2.40. The van der Waals surface area contributed by atoms with Crippen molar-refractivity contribution in [1.82, 2.24) is 9.38 Å². The minimum atomic E-state index is 0.792. The van der Waals surface area contributed by atoms with Gasteiger partial charge in [0.05, 0.1) is 11.0 Å². The molecular formula is C44H26N2S. The zero-order chi connectivity index (χ0) is 31.1. The molecule has 10 aromatic rings. The van der Waals surface area contributed by atoms with Crippen molar-refractivity contribution in [3.63, 3.8) is 0 Å². The molecule has 8 aromatic carbocycles. The number of benzene rings is 8. The fourth-order valence-electron chi connectivity index (χ4n) is 7.55. The summed E-state index contributed by atoms with van der Waals surface area (Å²) in [6, 6.07) is 56.7. The molecule has 2 heterocycles. The fourth-order valence-corrected chi connectivity index (χ4v) is 7.91. The summed E-state index contributed by atoms with van der Waals surface area (Å²) in [5.74, 6) is 0.878. The lowest BCUT2D eigenvalue weighted by atomic mass is 9.91. The molecule has 0 aliphatic heterocycles. The largest absolute Gasteiger partial charge is 0.281 e. The van der Waals surface area contributed by atoms with Gasteiger partial charge in [0.1, 0.15) is 10.5 Å². The zero-order valence-electron chi connectivity index (χ0n) is 25.3. The second-order valence-corrected chi connectivity index (χ2v) is 12.7. The Bertz CT molecular complexity index is 2890. The first-order valence-corrected chi connectivity index (χ1v) is 16.3. The Balaban J connectivity index is 1.19. The molecule has 0 saturated carbocycles. The van der Waals surface area contributed by atoms with Gasteiger partial charge in [-0.15, -0.1) is 0 Å². The lowest BCUT2D eigenvalue weighted by molar-refractivity contribution is 1.16. The average molecular weight is 615 g/mol. The monoisotopic (exact) mass is 614 g/mol. The summed E-state index contributed by atoms with van der Waals surface area (Å²) in [5, 5.41) is 11.1. The van der Waals surface area contributed by atoms with Crippen molar-refractivity contribution in [2.24, 2.45) is 0 Å². The maximum Gasteiger partial charge on any atom is 0.146 e. The first-order valence-electron chi connectivity index (χ1n) is 15.9. The van der Waals surface area contributed by atoms with Crippen LogP contribution in [0.5, 0.6) is 0 Å². The van der Waals surface area contributed by atoms with E-state index in [0.717, 1.165) is 54.3 Å². The Morgan fingerprint density at radius 2 is 0.851 bits per heavy atom. The molecule has 2 aromatic heterocycles. The normalized spacial score (nSPS) is 11.9. The maximum absolute atomic E-state index is 6.10. The molecule has 0 radical (unpaired) electrons. The van der Waals surface area contributed by atoms with Crippen LogP contribution in [-0.4, -0.2) is 9.38 Å². The predicted octanol–water partition coefficient (Wildman–Crippen LogP) is 12.3. The van der Waals surface area contributed by atoms with Crippen LogP contribution in [0.25, 0.3) is 93.2 Å². The van der Waals surface area contributed by atoms with E-state index in [4.69, 9.17) is 17.2 Å². The summed E-state index contributed by atoms with van der Waals surface area (Å²) in [7, 11) is 0. The Hall–Kier alpha value is -5.90. The third kappa shape index (κ3) is 3.90. The second kappa shape index (κ2) is 10.1. The van der Waals surface area contributed by atoms with E-state index in [1.807, 2.05) is 6.07 Å². The van der Waals surface area contributed by atoms with Crippen molar-refractivity contribution in [2.45, 2.75) is 0 Å². The highest BCUT2D eigenvalue weighted by Gasteiger charge is 2.19. The molecule has 0 fully saturated rings. The molecule has 0 aliphatic rings. The minimum Gasteiger partial charge on any atom is -0.281 e. The summed E-state index contributed by atoms with van der Waals surface area (Å²) in [5.41, 5.74) is 7.75. The van der Waals surface area contributed by atoms with Crippen LogP contribution < -0.4 is 0 Å². The van der Waals surface area contributed by atoms with Crippen LogP contribution in [0.4, 0.5) is 0 Å². The van der Waals surface area contributed by atoms with E-state index < -0.39 is 0 Å². The standard InChI is InChI=1S/C44H26N2S/c47-44-38-20-9-8-19-36(38)40-25-31(26-41-42(40)46(44)43(45-41)27-11-2-1-3-12-27)29-14-10-13-28(23-29)30-21-22-37-34-17-5-4-15-32(34)33-16-6-7-18-35(33)39(37)24-30/h1-26H. The molecule has 0 saturated heterocycles. The van der Waals surface area contributed by atoms with E-state index in [-0.39, 0.29) is 0 Å². The smallest absolute Gasteiger partial charge is 0.146 e. The van der Waals surface area contributed by atoms with Gasteiger partial charge in [-0.25, -0.2) is 4.98 Å². The number of rotatable bonds is 3. The quantitative estimate of drug-likeness (QED) is 0.145. The third-order valence-corrected chi connectivity index (χ3v) is 10.1. The van der Waals surface area contributed by atoms with E-state index in [1.165, 1.54) is 43.4 Å². The van der Waals surface area contributed by atoms with Crippen LogP contribution >= 0.6 is 12.2 Å². The van der Waals surface area contributed by atoms with Gasteiger partial charge in [-0.3, -0.25) is 4.40 Å². The molecule has 0 atom stereocenters. The summed E-state index contributed by atoms with van der Waals surface area (Å²) in [6.07, 6.45) is 0. The number of fused-ring (bicyclic) bond motifs is 8. The van der Waals surface area contributed by atoms with Crippen LogP contribution in [0, 0.1) is 4.64 Å². The molecular weight excluding hydrogens is 589 g/mol. The first kappa shape index (κ1) is 26.3. The maximum atomic E-state index is 6.10. The average Bonchev–Trinajstić information content (AvgIpc) is 3.54. The number of aromatic nitrogens is 2. The van der Waals surface area contributed by atoms with Gasteiger partial charge >= 0.3 is 0 Å². The number of pyridine rings is 1. The number of nitrogens with zero attached hydrogens (tertiary/aromatic N) is 2. The van der Waals surface area contributed by atoms with E-state index in [9.17, 15) is 0 Å². The Labute approximate surface area is 276 Å². The molecule has 0 amide bonds. The summed E-state index contributed by atoms with van der Waals surface area (Å²) in [4.78, 5) is 5.22. The van der Waals surface area contributed by atoms with Gasteiger partial charge in [0, 0.05) is 16.3 Å². The lowest BCUT2D eigenvalue weighted by Gasteiger charge is -2.13. The van der Waals surface area contributed by atoms with Crippen molar-refractivity contribution >= 4 is 71.7 Å². The lowest BCUT2D eigenvalue weighted by Crippen LogP contribution is -1.94. The highest BCUT2D eigenvalue weighted by atomic mass is 32.1. The van der Waals surface area contributed by atoms with E-state index in [1.54, 1.807) is 0 Å². The van der Waals surface area contributed by atoms with Gasteiger partial charge in [-0.1, -0.05) is 146 Å². The molecule has 0 N–H and O–H groups in total. The molecule has 47 heavy (non-hydrogen) atoms. The number of imidazole rings is 1. The number of hydrogen-bond donors (Lipinski definition) is 0. The molecule has 0 spiro atoms. The highest BCUT2D eigenvalue weighted by molar-refractivity contribution is 7.71. The van der Waals surface area contributed by atoms with E-state index in [2.05, 4.69) is 156 Å². The van der Waals surface area contributed by atoms with Crippen LogP contribution in [0.2, 0.25) is 0 Å². The van der Waals surface area contributed by atoms with Crippen LogP contribution in [0.1, 0.15) is 0 Å². The van der Waals surface area contributed by atoms with Crippen molar-refractivity contribution in [3.05, 3.63) is 162 Å². The minimum absolute atomic E-state index is 0.792. The Morgan fingerprint density at radius 3 is 1.53 bits per heavy atom. The summed E-state index contributed by atoms with van der Waals surface area (Å²) >= 11 is 6.10. The molecule has 0 bridgehead atoms. The van der Waals surface area contributed by atoms with Gasteiger partial charge < -0.3 is 0 Å². The van der Waals surface area contributed by atoms with Crippen molar-refractivity contribution in [3.8, 4) is 33.6 Å². The molecule has 0 aliphatic carbocycles. The fraction of sp³-hybridized carbons (Fsp3) is 0. The van der Waals surface area contributed by atoms with Gasteiger partial charge in [-0.2, -0.15) is 0 Å². The van der Waals surface area contributed by atoms with E-state index in [0.29, 0.717) is 0 Å². The van der Waals surface area contributed by atoms with Crippen LogP contribution in [0.15, 0.2) is 158 Å². The van der Waals surface area contributed by atoms with Crippen LogP contribution in [-0.2, 0) is 0 Å².